The molecule has 0 aliphatic heterocycles. The van der Waals surface area contributed by atoms with Crippen molar-refractivity contribution in [3.05, 3.63) is 96.0 Å². The summed E-state index contributed by atoms with van der Waals surface area (Å²) in [7, 11) is 0. The average molecular weight is 623 g/mol. The fourth-order valence-electron chi connectivity index (χ4n) is 1.99. The SMILES string of the molecule is Brc1ccccc1-n1cccn1.CSC.[Pt].[c-]1ccccc1-n1cccn1. The molecule has 2 aromatic carbocycles. The van der Waals surface area contributed by atoms with E-state index in [0.29, 0.717) is 0 Å². The van der Waals surface area contributed by atoms with Crippen LogP contribution in [0.5, 0.6) is 0 Å². The molecule has 0 unspecified atom stereocenters. The Bertz CT molecular complexity index is 853. The van der Waals surface area contributed by atoms with E-state index in [1.165, 1.54) is 0 Å². The van der Waals surface area contributed by atoms with Gasteiger partial charge in [0.1, 0.15) is 0 Å². The largest absolute Gasteiger partial charge is 0.266 e. The van der Waals surface area contributed by atoms with E-state index in [1.54, 1.807) is 28.8 Å². The van der Waals surface area contributed by atoms with Gasteiger partial charge in [-0.25, -0.2) is 4.68 Å². The first-order chi connectivity index (χ1) is 12.8. The molecule has 0 amide bonds. The Balaban J connectivity index is 0.000000229. The zero-order valence-corrected chi connectivity index (χ0v) is 19.6. The first-order valence-corrected chi connectivity index (χ1v) is 10.3. The van der Waals surface area contributed by atoms with Gasteiger partial charge in [0.15, 0.2) is 0 Å². The second kappa shape index (κ2) is 13.5. The molecule has 0 radical (unpaired) electrons. The Morgan fingerprint density at radius 3 is 1.96 bits per heavy atom. The fraction of sp³-hybridized carbons (Fsp3) is 0.100. The summed E-state index contributed by atoms with van der Waals surface area (Å²) in [6, 6.07) is 22.6. The van der Waals surface area contributed by atoms with Crippen LogP contribution in [0.1, 0.15) is 0 Å². The van der Waals surface area contributed by atoms with E-state index in [1.807, 2.05) is 90.3 Å². The number of halogens is 1. The molecule has 144 valence electrons. The molecule has 2 aromatic heterocycles. The number of hydrogen-bond acceptors (Lipinski definition) is 3. The normalized spacial score (nSPS) is 9.15. The Labute approximate surface area is 187 Å². The summed E-state index contributed by atoms with van der Waals surface area (Å²) in [6.45, 7) is 0. The van der Waals surface area contributed by atoms with Crippen LogP contribution >= 0.6 is 27.7 Å². The van der Waals surface area contributed by atoms with Gasteiger partial charge in [-0.15, -0.1) is 6.07 Å². The number of para-hydroxylation sites is 2. The third-order valence-electron chi connectivity index (χ3n) is 3.05. The average Bonchev–Trinajstić information content (AvgIpc) is 3.38. The van der Waals surface area contributed by atoms with Gasteiger partial charge in [-0.2, -0.15) is 46.2 Å². The minimum absolute atomic E-state index is 0. The van der Waals surface area contributed by atoms with Crippen molar-refractivity contribution < 1.29 is 21.1 Å². The summed E-state index contributed by atoms with van der Waals surface area (Å²) >= 11 is 5.21. The van der Waals surface area contributed by atoms with E-state index in [4.69, 9.17) is 0 Å². The van der Waals surface area contributed by atoms with Crippen molar-refractivity contribution in [1.29, 1.82) is 0 Å². The molecule has 0 spiro atoms. The number of rotatable bonds is 2. The van der Waals surface area contributed by atoms with Crippen LogP contribution < -0.4 is 0 Å². The quantitative estimate of drug-likeness (QED) is 0.285. The standard InChI is InChI=1S/C9H7BrN2.C9H7N2.C2H6S.Pt/c10-8-4-1-2-5-9(8)12-7-3-6-11-12;1-2-5-9(6-3-1)11-8-4-7-10-11;1-3-2;/h1-7H;1-5,7-8H;1-2H3;/q;-1;;. The molecule has 0 saturated heterocycles. The zero-order valence-electron chi connectivity index (χ0n) is 15.0. The number of hydrogen-bond donors (Lipinski definition) is 0. The van der Waals surface area contributed by atoms with Gasteiger partial charge in [-0.05, 0) is 58.4 Å². The van der Waals surface area contributed by atoms with Crippen LogP contribution in [0, 0.1) is 6.07 Å². The van der Waals surface area contributed by atoms with Gasteiger partial charge in [0.2, 0.25) is 0 Å². The van der Waals surface area contributed by atoms with Crippen LogP contribution in [-0.4, -0.2) is 32.1 Å². The van der Waals surface area contributed by atoms with Crippen LogP contribution in [0.4, 0.5) is 0 Å². The maximum absolute atomic E-state index is 4.13. The molecule has 4 aromatic rings. The van der Waals surface area contributed by atoms with Crippen LogP contribution in [0.15, 0.2) is 89.9 Å². The van der Waals surface area contributed by atoms with Crippen molar-refractivity contribution in [2.75, 3.05) is 12.5 Å². The number of benzene rings is 2. The molecular weight excluding hydrogens is 603 g/mol. The Hall–Kier alpha value is -1.62. The smallest absolute Gasteiger partial charge is 0.0787 e. The monoisotopic (exact) mass is 622 g/mol. The molecular formula is C20H20BrN4PtS-. The Kier molecular flexibility index (Phi) is 11.7. The summed E-state index contributed by atoms with van der Waals surface area (Å²) in [5, 5.41) is 8.21. The van der Waals surface area contributed by atoms with Gasteiger partial charge in [0, 0.05) is 50.3 Å². The van der Waals surface area contributed by atoms with Gasteiger partial charge in [-0.1, -0.05) is 12.1 Å². The molecule has 4 nitrogen and oxygen atoms in total. The summed E-state index contributed by atoms with van der Waals surface area (Å²) in [6.07, 6.45) is 11.4. The molecule has 0 aliphatic rings. The molecule has 4 rings (SSSR count). The van der Waals surface area contributed by atoms with Crippen molar-refractivity contribution in [3.63, 3.8) is 0 Å². The van der Waals surface area contributed by atoms with Gasteiger partial charge in [0.25, 0.3) is 0 Å². The van der Waals surface area contributed by atoms with E-state index in [-0.39, 0.29) is 21.1 Å². The van der Waals surface area contributed by atoms with Crippen molar-refractivity contribution in [1.82, 2.24) is 19.6 Å². The predicted octanol–water partition coefficient (Wildman–Crippen LogP) is 5.28. The molecule has 2 heterocycles. The van der Waals surface area contributed by atoms with Crippen molar-refractivity contribution in [2.24, 2.45) is 0 Å². The van der Waals surface area contributed by atoms with E-state index in [9.17, 15) is 0 Å². The van der Waals surface area contributed by atoms with Crippen molar-refractivity contribution in [3.8, 4) is 11.4 Å². The van der Waals surface area contributed by atoms with E-state index >= 15 is 0 Å². The molecule has 0 atom stereocenters. The van der Waals surface area contributed by atoms with Crippen LogP contribution in [-0.2, 0) is 21.1 Å². The van der Waals surface area contributed by atoms with Crippen molar-refractivity contribution in [2.45, 2.75) is 0 Å². The minimum Gasteiger partial charge on any atom is -0.266 e. The zero-order chi connectivity index (χ0) is 18.6. The van der Waals surface area contributed by atoms with Gasteiger partial charge >= 0.3 is 0 Å². The van der Waals surface area contributed by atoms with Crippen molar-refractivity contribution >= 4 is 27.7 Å². The number of aromatic nitrogens is 4. The van der Waals surface area contributed by atoms with Crippen LogP contribution in [0.2, 0.25) is 0 Å². The third-order valence-corrected chi connectivity index (χ3v) is 3.72. The topological polar surface area (TPSA) is 35.6 Å². The fourth-order valence-corrected chi connectivity index (χ4v) is 2.45. The maximum atomic E-state index is 4.13. The van der Waals surface area contributed by atoms with E-state index < -0.39 is 0 Å². The molecule has 0 N–H and O–H groups in total. The minimum atomic E-state index is 0. The maximum Gasteiger partial charge on any atom is 0.0787 e. The Morgan fingerprint density at radius 2 is 1.44 bits per heavy atom. The molecule has 27 heavy (non-hydrogen) atoms. The summed E-state index contributed by atoms with van der Waals surface area (Å²) < 4.78 is 4.65. The number of thioether (sulfide) groups is 1. The predicted molar refractivity (Wildman–Crippen MR) is 113 cm³/mol. The van der Waals surface area contributed by atoms with Crippen LogP contribution in [0.3, 0.4) is 0 Å². The molecule has 0 bridgehead atoms. The third kappa shape index (κ3) is 7.87. The molecule has 7 heteroatoms. The van der Waals surface area contributed by atoms with Gasteiger partial charge in [0.05, 0.1) is 5.69 Å². The first-order valence-electron chi connectivity index (χ1n) is 7.87. The second-order valence-electron chi connectivity index (χ2n) is 5.01. The molecule has 0 aliphatic carbocycles. The van der Waals surface area contributed by atoms with E-state index in [0.717, 1.165) is 15.8 Å². The second-order valence-corrected chi connectivity index (χ2v) is 6.68. The summed E-state index contributed by atoms with van der Waals surface area (Å²) in [4.78, 5) is 0. The summed E-state index contributed by atoms with van der Waals surface area (Å²) in [5.74, 6) is 0. The van der Waals surface area contributed by atoms with Crippen LogP contribution in [0.25, 0.3) is 11.4 Å². The Morgan fingerprint density at radius 1 is 0.852 bits per heavy atom. The molecule has 0 saturated carbocycles. The van der Waals surface area contributed by atoms with Gasteiger partial charge < -0.3 is 0 Å². The first kappa shape index (κ1) is 23.4. The van der Waals surface area contributed by atoms with Gasteiger partial charge in [-0.3, -0.25) is 4.68 Å². The summed E-state index contributed by atoms with van der Waals surface area (Å²) in [5.41, 5.74) is 2.03. The molecule has 0 fully saturated rings. The number of nitrogens with zero attached hydrogens (tertiary/aromatic N) is 4. The van der Waals surface area contributed by atoms with E-state index in [2.05, 4.69) is 32.2 Å².